The van der Waals surface area contributed by atoms with E-state index in [1.165, 1.54) is 0 Å². The van der Waals surface area contributed by atoms with Crippen LogP contribution in [-0.4, -0.2) is 30.3 Å². The molecule has 21 heavy (non-hydrogen) atoms. The molecule has 6 nitrogen and oxygen atoms in total. The van der Waals surface area contributed by atoms with Gasteiger partial charge in [0.25, 0.3) is 0 Å². The SMILES string of the molecule is CCCCOC(=O)NC(CCCC#N)C(=O)OC(C)(C)C. The average molecular weight is 298 g/mol. The molecule has 0 aliphatic rings. The Kier molecular flexibility index (Phi) is 9.18. The Morgan fingerprint density at radius 3 is 2.48 bits per heavy atom. The maximum absolute atomic E-state index is 12.0. The van der Waals surface area contributed by atoms with Crippen molar-refractivity contribution in [1.82, 2.24) is 5.32 Å². The van der Waals surface area contributed by atoms with Crippen LogP contribution in [0.15, 0.2) is 0 Å². The van der Waals surface area contributed by atoms with E-state index in [2.05, 4.69) is 5.32 Å². The standard InChI is InChI=1S/C15H26N2O4/c1-5-6-11-20-14(19)17-12(9-7-8-10-16)13(18)21-15(2,3)4/h12H,5-9,11H2,1-4H3,(H,17,19). The fraction of sp³-hybridized carbons (Fsp3) is 0.800. The van der Waals surface area contributed by atoms with Gasteiger partial charge in [0.1, 0.15) is 11.6 Å². The van der Waals surface area contributed by atoms with Crippen molar-refractivity contribution in [3.8, 4) is 6.07 Å². The molecule has 1 amide bonds. The maximum atomic E-state index is 12.0. The van der Waals surface area contributed by atoms with Crippen molar-refractivity contribution in [2.24, 2.45) is 0 Å². The van der Waals surface area contributed by atoms with Gasteiger partial charge < -0.3 is 14.8 Å². The van der Waals surface area contributed by atoms with Crippen LogP contribution in [0.25, 0.3) is 0 Å². The molecule has 1 N–H and O–H groups in total. The number of amides is 1. The third-order valence-electron chi connectivity index (χ3n) is 2.50. The summed E-state index contributed by atoms with van der Waals surface area (Å²) in [5, 5.41) is 11.1. The van der Waals surface area contributed by atoms with Gasteiger partial charge in [-0.15, -0.1) is 0 Å². The van der Waals surface area contributed by atoms with Gasteiger partial charge in [-0.25, -0.2) is 9.59 Å². The van der Waals surface area contributed by atoms with Crippen LogP contribution in [0.5, 0.6) is 0 Å². The second-order valence-electron chi connectivity index (χ2n) is 5.77. The summed E-state index contributed by atoms with van der Waals surface area (Å²) in [7, 11) is 0. The fourth-order valence-corrected chi connectivity index (χ4v) is 1.50. The number of hydrogen-bond donors (Lipinski definition) is 1. The summed E-state index contributed by atoms with van der Waals surface area (Å²) in [6, 6.07) is 1.22. The van der Waals surface area contributed by atoms with E-state index in [9.17, 15) is 9.59 Å². The number of carbonyl (C=O) groups is 2. The van der Waals surface area contributed by atoms with Crippen LogP contribution in [0.2, 0.25) is 0 Å². The average Bonchev–Trinajstić information content (AvgIpc) is 2.36. The number of nitrogens with one attached hydrogen (secondary N) is 1. The van der Waals surface area contributed by atoms with Gasteiger partial charge in [0, 0.05) is 6.42 Å². The molecule has 0 aromatic rings. The lowest BCUT2D eigenvalue weighted by atomic mass is 10.1. The Labute approximate surface area is 126 Å². The number of alkyl carbamates (subject to hydrolysis) is 1. The first-order valence-corrected chi connectivity index (χ1v) is 7.33. The van der Waals surface area contributed by atoms with Crippen molar-refractivity contribution in [1.29, 1.82) is 5.26 Å². The summed E-state index contributed by atoms with van der Waals surface area (Å²) in [4.78, 5) is 23.7. The van der Waals surface area contributed by atoms with Crippen LogP contribution in [0.1, 0.15) is 59.8 Å². The highest BCUT2D eigenvalue weighted by Crippen LogP contribution is 2.11. The Morgan fingerprint density at radius 1 is 1.29 bits per heavy atom. The Bertz CT molecular complexity index is 369. The summed E-state index contributed by atoms with van der Waals surface area (Å²) < 4.78 is 10.2. The number of unbranched alkanes of at least 4 members (excludes halogenated alkanes) is 2. The number of esters is 1. The van der Waals surface area contributed by atoms with Crippen LogP contribution in [-0.2, 0) is 14.3 Å². The predicted molar refractivity (Wildman–Crippen MR) is 78.5 cm³/mol. The van der Waals surface area contributed by atoms with Crippen molar-refractivity contribution in [3.05, 3.63) is 0 Å². The van der Waals surface area contributed by atoms with Crippen LogP contribution < -0.4 is 5.32 Å². The van der Waals surface area contributed by atoms with Gasteiger partial charge >= 0.3 is 12.1 Å². The topological polar surface area (TPSA) is 88.4 Å². The Morgan fingerprint density at radius 2 is 1.95 bits per heavy atom. The molecule has 0 aromatic heterocycles. The summed E-state index contributed by atoms with van der Waals surface area (Å²) in [6.07, 6.45) is 2.26. The van der Waals surface area contributed by atoms with E-state index in [0.29, 0.717) is 25.9 Å². The van der Waals surface area contributed by atoms with E-state index in [1.807, 2.05) is 13.0 Å². The molecule has 0 aliphatic carbocycles. The Hall–Kier alpha value is -1.77. The number of hydrogen-bond acceptors (Lipinski definition) is 5. The van der Waals surface area contributed by atoms with Gasteiger partial charge in [-0.1, -0.05) is 13.3 Å². The van der Waals surface area contributed by atoms with Crippen molar-refractivity contribution in [2.75, 3.05) is 6.61 Å². The van der Waals surface area contributed by atoms with Crippen LogP contribution in [0.3, 0.4) is 0 Å². The second-order valence-corrected chi connectivity index (χ2v) is 5.77. The number of rotatable bonds is 8. The zero-order chi connectivity index (χ0) is 16.3. The number of ether oxygens (including phenoxy) is 2. The number of nitrogens with zero attached hydrogens (tertiary/aromatic N) is 1. The molecule has 0 heterocycles. The van der Waals surface area contributed by atoms with Gasteiger partial charge in [-0.3, -0.25) is 0 Å². The second kappa shape index (κ2) is 10.0. The third-order valence-corrected chi connectivity index (χ3v) is 2.50. The van der Waals surface area contributed by atoms with Gasteiger partial charge in [-0.05, 0) is 40.0 Å². The quantitative estimate of drug-likeness (QED) is 0.550. The van der Waals surface area contributed by atoms with Crippen molar-refractivity contribution in [2.45, 2.75) is 71.4 Å². The molecule has 6 heteroatoms. The van der Waals surface area contributed by atoms with Crippen molar-refractivity contribution >= 4 is 12.1 Å². The van der Waals surface area contributed by atoms with E-state index in [0.717, 1.165) is 12.8 Å². The summed E-state index contributed by atoms with van der Waals surface area (Å²) in [5.41, 5.74) is -0.627. The summed E-state index contributed by atoms with van der Waals surface area (Å²) in [6.45, 7) is 7.60. The van der Waals surface area contributed by atoms with Crippen molar-refractivity contribution in [3.63, 3.8) is 0 Å². The number of nitriles is 1. The van der Waals surface area contributed by atoms with E-state index >= 15 is 0 Å². The molecule has 0 spiro atoms. The first kappa shape index (κ1) is 19.2. The fourth-order valence-electron chi connectivity index (χ4n) is 1.50. The normalized spacial score (nSPS) is 12.1. The smallest absolute Gasteiger partial charge is 0.407 e. The monoisotopic (exact) mass is 298 g/mol. The lowest BCUT2D eigenvalue weighted by Gasteiger charge is -2.24. The Balaban J connectivity index is 4.47. The van der Waals surface area contributed by atoms with Crippen LogP contribution >= 0.6 is 0 Å². The molecule has 0 bridgehead atoms. The molecule has 0 radical (unpaired) electrons. The molecule has 120 valence electrons. The highest BCUT2D eigenvalue weighted by molar-refractivity contribution is 5.81. The lowest BCUT2D eigenvalue weighted by Crippen LogP contribution is -2.44. The van der Waals surface area contributed by atoms with Gasteiger partial charge in [0.15, 0.2) is 0 Å². The molecule has 0 saturated carbocycles. The minimum atomic E-state index is -0.785. The first-order valence-electron chi connectivity index (χ1n) is 7.33. The zero-order valence-corrected chi connectivity index (χ0v) is 13.4. The highest BCUT2D eigenvalue weighted by Gasteiger charge is 2.26. The van der Waals surface area contributed by atoms with Crippen LogP contribution in [0.4, 0.5) is 4.79 Å². The van der Waals surface area contributed by atoms with Gasteiger partial charge in [-0.2, -0.15) is 5.26 Å². The van der Waals surface area contributed by atoms with Gasteiger partial charge in [0.05, 0.1) is 12.7 Å². The minimum Gasteiger partial charge on any atom is -0.458 e. The lowest BCUT2D eigenvalue weighted by molar-refractivity contribution is -0.157. The van der Waals surface area contributed by atoms with Gasteiger partial charge in [0.2, 0.25) is 0 Å². The number of carbonyl (C=O) groups excluding carboxylic acids is 2. The molecule has 0 fully saturated rings. The molecule has 0 aliphatic heterocycles. The van der Waals surface area contributed by atoms with Crippen LogP contribution in [0, 0.1) is 11.3 Å². The van der Waals surface area contributed by atoms with Crippen molar-refractivity contribution < 1.29 is 19.1 Å². The summed E-state index contributed by atoms with van der Waals surface area (Å²) in [5.74, 6) is -0.507. The molecular formula is C15H26N2O4. The predicted octanol–water partition coefficient (Wildman–Crippen LogP) is 2.92. The zero-order valence-electron chi connectivity index (χ0n) is 13.4. The van der Waals surface area contributed by atoms with E-state index < -0.39 is 23.7 Å². The highest BCUT2D eigenvalue weighted by atomic mass is 16.6. The maximum Gasteiger partial charge on any atom is 0.407 e. The van der Waals surface area contributed by atoms with E-state index in [4.69, 9.17) is 14.7 Å². The molecule has 0 saturated heterocycles. The van der Waals surface area contributed by atoms with E-state index in [-0.39, 0.29) is 0 Å². The largest absolute Gasteiger partial charge is 0.458 e. The summed E-state index contributed by atoms with van der Waals surface area (Å²) >= 11 is 0. The molecular weight excluding hydrogens is 272 g/mol. The molecule has 1 atom stereocenters. The first-order chi connectivity index (χ1) is 9.80. The minimum absolute atomic E-state index is 0.321. The molecule has 0 rings (SSSR count). The third kappa shape index (κ3) is 10.7. The van der Waals surface area contributed by atoms with E-state index in [1.54, 1.807) is 20.8 Å². The molecule has 1 unspecified atom stereocenters. The molecule has 0 aromatic carbocycles.